The van der Waals surface area contributed by atoms with Gasteiger partial charge in [-0.3, -0.25) is 13.9 Å². The minimum atomic E-state index is -3.93. The Bertz CT molecular complexity index is 1750. The predicted octanol–water partition coefficient (Wildman–Crippen LogP) is 7.11. The number of carbonyl (C=O) groups excluding carboxylic acids is 2. The van der Waals surface area contributed by atoms with E-state index < -0.39 is 34.1 Å². The van der Waals surface area contributed by atoms with Gasteiger partial charge in [0.25, 0.3) is 0 Å². The molecule has 2 amide bonds. The number of hydrogen-bond acceptors (Lipinski definition) is 5. The molecule has 4 aromatic carbocycles. The van der Waals surface area contributed by atoms with Gasteiger partial charge in [-0.2, -0.15) is 0 Å². The molecule has 0 aliphatic rings. The molecule has 4 aromatic rings. The molecule has 0 bridgehead atoms. The van der Waals surface area contributed by atoms with E-state index in [9.17, 15) is 18.0 Å². The number of carbonyl (C=O) groups is 2. The number of sulfonamides is 1. The number of nitrogens with one attached hydrogen (secondary N) is 1. The molecule has 1 N–H and O–H groups in total. The first-order chi connectivity index (χ1) is 21.7. The Morgan fingerprint density at radius 3 is 1.96 bits per heavy atom. The summed E-state index contributed by atoms with van der Waals surface area (Å²) in [5.74, 6) is 0.170. The molecule has 0 aliphatic carbocycles. The molecular weight excluding hydrogens is 645 g/mol. The number of amides is 2. The molecule has 0 fully saturated rings. The van der Waals surface area contributed by atoms with Crippen LogP contribution < -0.4 is 14.4 Å². The normalized spacial score (nSPS) is 12.2. The number of rotatable bonds is 12. The smallest absolute Gasteiger partial charge is 0.244 e. The fraction of sp³-hybridized carbons (Fsp3) is 0.257. The highest BCUT2D eigenvalue weighted by molar-refractivity contribution is 7.92. The van der Waals surface area contributed by atoms with Crippen molar-refractivity contribution >= 4 is 50.7 Å². The second-order valence-corrected chi connectivity index (χ2v) is 14.6. The Kier molecular flexibility index (Phi) is 11.4. The average molecular weight is 683 g/mol. The number of anilines is 1. The minimum Gasteiger partial charge on any atom is -0.457 e. The van der Waals surface area contributed by atoms with Crippen LogP contribution >= 0.6 is 23.2 Å². The zero-order valence-corrected chi connectivity index (χ0v) is 28.4. The summed E-state index contributed by atoms with van der Waals surface area (Å²) in [6, 6.07) is 28.9. The quantitative estimate of drug-likeness (QED) is 0.172. The van der Waals surface area contributed by atoms with Crippen LogP contribution in [0.3, 0.4) is 0 Å². The zero-order chi connectivity index (χ0) is 33.5. The maximum Gasteiger partial charge on any atom is 0.244 e. The van der Waals surface area contributed by atoms with Gasteiger partial charge in [0.1, 0.15) is 24.1 Å². The number of hydrogen-bond donors (Lipinski definition) is 1. The van der Waals surface area contributed by atoms with Gasteiger partial charge in [-0.05, 0) is 80.4 Å². The summed E-state index contributed by atoms with van der Waals surface area (Å²) < 4.78 is 33.1. The van der Waals surface area contributed by atoms with Gasteiger partial charge in [0, 0.05) is 18.5 Å². The molecule has 0 heterocycles. The highest BCUT2D eigenvalue weighted by Crippen LogP contribution is 2.27. The SMILES string of the molecule is CC(C)(C)NC(=O)[C@H](Cc1ccccc1)N(Cc1ccc(Cl)c(Cl)c1)C(=O)CN(c1ccc(Oc2ccccc2)cc1)S(C)(=O)=O. The first kappa shape index (κ1) is 34.8. The topological polar surface area (TPSA) is 96.0 Å². The Balaban J connectivity index is 1.71. The molecule has 0 saturated carbocycles. The molecule has 8 nitrogen and oxygen atoms in total. The maximum absolute atomic E-state index is 14.3. The van der Waals surface area contributed by atoms with Gasteiger partial charge in [0.05, 0.1) is 22.0 Å². The molecule has 0 aliphatic heterocycles. The van der Waals surface area contributed by atoms with Crippen LogP contribution in [0.1, 0.15) is 31.9 Å². The zero-order valence-electron chi connectivity index (χ0n) is 26.1. The van der Waals surface area contributed by atoms with Crippen LogP contribution in [-0.2, 0) is 32.6 Å². The third-order valence-electron chi connectivity index (χ3n) is 6.89. The van der Waals surface area contributed by atoms with Crippen LogP contribution in [0.2, 0.25) is 10.0 Å². The van der Waals surface area contributed by atoms with Crippen molar-refractivity contribution in [2.45, 2.75) is 45.3 Å². The second kappa shape index (κ2) is 15.0. The highest BCUT2D eigenvalue weighted by atomic mass is 35.5. The number of para-hydroxylation sites is 1. The summed E-state index contributed by atoms with van der Waals surface area (Å²) >= 11 is 12.5. The van der Waals surface area contributed by atoms with Gasteiger partial charge in [-0.1, -0.05) is 77.8 Å². The van der Waals surface area contributed by atoms with Gasteiger partial charge >= 0.3 is 0 Å². The minimum absolute atomic E-state index is 0.0216. The Hall–Kier alpha value is -4.05. The first-order valence-electron chi connectivity index (χ1n) is 14.6. The fourth-order valence-corrected chi connectivity index (χ4v) is 5.93. The van der Waals surface area contributed by atoms with Crippen molar-refractivity contribution in [3.63, 3.8) is 0 Å². The van der Waals surface area contributed by atoms with Crippen molar-refractivity contribution in [1.82, 2.24) is 10.2 Å². The van der Waals surface area contributed by atoms with Gasteiger partial charge in [-0.15, -0.1) is 0 Å². The maximum atomic E-state index is 14.3. The number of halogens is 2. The molecule has 1 atom stereocenters. The molecule has 4 rings (SSSR count). The summed E-state index contributed by atoms with van der Waals surface area (Å²) in [4.78, 5) is 29.6. The van der Waals surface area contributed by atoms with Crippen molar-refractivity contribution in [1.29, 1.82) is 0 Å². The highest BCUT2D eigenvalue weighted by Gasteiger charge is 2.34. The number of ether oxygens (including phenoxy) is 1. The summed E-state index contributed by atoms with van der Waals surface area (Å²) in [6.45, 7) is 4.99. The Morgan fingerprint density at radius 1 is 0.804 bits per heavy atom. The van der Waals surface area contributed by atoms with E-state index in [2.05, 4.69) is 5.32 Å². The van der Waals surface area contributed by atoms with E-state index in [0.717, 1.165) is 16.1 Å². The molecule has 242 valence electrons. The van der Waals surface area contributed by atoms with E-state index in [0.29, 0.717) is 27.1 Å². The molecule has 11 heteroatoms. The van der Waals surface area contributed by atoms with Crippen LogP contribution in [0.25, 0.3) is 0 Å². The monoisotopic (exact) mass is 681 g/mol. The predicted molar refractivity (Wildman–Crippen MR) is 184 cm³/mol. The average Bonchev–Trinajstić information content (AvgIpc) is 2.99. The summed E-state index contributed by atoms with van der Waals surface area (Å²) in [5, 5.41) is 3.63. The lowest BCUT2D eigenvalue weighted by Crippen LogP contribution is -2.56. The first-order valence-corrected chi connectivity index (χ1v) is 17.2. The largest absolute Gasteiger partial charge is 0.457 e. The second-order valence-electron chi connectivity index (χ2n) is 11.9. The van der Waals surface area contributed by atoms with Crippen LogP contribution in [0.5, 0.6) is 11.5 Å². The summed E-state index contributed by atoms with van der Waals surface area (Å²) in [7, 11) is -3.93. The molecule has 0 radical (unpaired) electrons. The van der Waals surface area contributed by atoms with Crippen molar-refractivity contribution in [2.24, 2.45) is 0 Å². The third-order valence-corrected chi connectivity index (χ3v) is 8.77. The van der Waals surface area contributed by atoms with Crippen molar-refractivity contribution in [3.8, 4) is 11.5 Å². The van der Waals surface area contributed by atoms with Crippen molar-refractivity contribution in [2.75, 3.05) is 17.1 Å². The number of benzene rings is 4. The van der Waals surface area contributed by atoms with E-state index in [-0.39, 0.29) is 24.6 Å². The van der Waals surface area contributed by atoms with Crippen LogP contribution in [0.4, 0.5) is 5.69 Å². The summed E-state index contributed by atoms with van der Waals surface area (Å²) in [6.07, 6.45) is 1.23. The van der Waals surface area contributed by atoms with Gasteiger partial charge in [-0.25, -0.2) is 8.42 Å². The van der Waals surface area contributed by atoms with E-state index in [1.807, 2.05) is 69.3 Å². The lowest BCUT2D eigenvalue weighted by atomic mass is 10.0. The van der Waals surface area contributed by atoms with E-state index in [1.54, 1.807) is 54.6 Å². The summed E-state index contributed by atoms with van der Waals surface area (Å²) in [5.41, 5.74) is 1.13. The van der Waals surface area contributed by atoms with E-state index >= 15 is 0 Å². The van der Waals surface area contributed by atoms with Gasteiger partial charge in [0.15, 0.2) is 0 Å². The Labute approximate surface area is 280 Å². The van der Waals surface area contributed by atoms with Crippen molar-refractivity contribution < 1.29 is 22.7 Å². The van der Waals surface area contributed by atoms with Gasteiger partial charge in [0.2, 0.25) is 21.8 Å². The molecule has 0 aromatic heterocycles. The Morgan fingerprint density at radius 2 is 1.39 bits per heavy atom. The molecular formula is C35H37Cl2N3O5S. The standard InChI is InChI=1S/C35H37Cl2N3O5S/c1-35(2,3)38-34(42)32(22-25-11-7-5-8-12-25)39(23-26-15-20-30(36)31(37)21-26)33(41)24-40(46(4,43)44)27-16-18-29(19-17-27)45-28-13-9-6-10-14-28/h5-21,32H,22-24H2,1-4H3,(H,38,42)/t32-/m0/s1. The molecule has 0 saturated heterocycles. The molecule has 0 unspecified atom stereocenters. The van der Waals surface area contributed by atoms with Gasteiger partial charge < -0.3 is 15.0 Å². The number of nitrogens with zero attached hydrogens (tertiary/aromatic N) is 2. The van der Waals surface area contributed by atoms with Crippen LogP contribution in [0.15, 0.2) is 103 Å². The fourth-order valence-electron chi connectivity index (χ4n) is 4.76. The van der Waals surface area contributed by atoms with Crippen molar-refractivity contribution in [3.05, 3.63) is 124 Å². The molecule has 46 heavy (non-hydrogen) atoms. The third kappa shape index (κ3) is 9.97. The molecule has 0 spiro atoms. The van der Waals surface area contributed by atoms with Crippen LogP contribution in [-0.4, -0.2) is 49.5 Å². The lowest BCUT2D eigenvalue weighted by Gasteiger charge is -2.35. The van der Waals surface area contributed by atoms with E-state index in [1.165, 1.54) is 4.90 Å². The van der Waals surface area contributed by atoms with Crippen LogP contribution in [0, 0.1) is 0 Å². The van der Waals surface area contributed by atoms with E-state index in [4.69, 9.17) is 27.9 Å². The lowest BCUT2D eigenvalue weighted by molar-refractivity contribution is -0.140.